The van der Waals surface area contributed by atoms with Crippen LogP contribution in [0.1, 0.15) is 55.5 Å². The van der Waals surface area contributed by atoms with Gasteiger partial charge in [0.1, 0.15) is 11.9 Å². The van der Waals surface area contributed by atoms with Crippen molar-refractivity contribution in [3.05, 3.63) is 71.9 Å². The quantitative estimate of drug-likeness (QED) is 0.321. The maximum Gasteiger partial charge on any atom is 0.573 e. The number of aromatic nitrogens is 1. The van der Waals surface area contributed by atoms with E-state index in [1.54, 1.807) is 37.4 Å². The van der Waals surface area contributed by atoms with Gasteiger partial charge in [0, 0.05) is 11.6 Å². The Kier molecular flexibility index (Phi) is 8.73. The zero-order chi connectivity index (χ0) is 25.4. The molecule has 3 rings (SSSR count). The number of hydrogen-bond donors (Lipinski definition) is 1. The Morgan fingerprint density at radius 1 is 1.00 bits per heavy atom. The molecule has 1 amide bonds. The predicted octanol–water partition coefficient (Wildman–Crippen LogP) is 7.56. The lowest BCUT2D eigenvalue weighted by Crippen LogP contribution is -2.17. The topological polar surface area (TPSA) is 60.5 Å². The van der Waals surface area contributed by atoms with Gasteiger partial charge in [-0.2, -0.15) is 0 Å². The number of nitrogens with zero attached hydrogens (tertiary/aromatic N) is 1. The van der Waals surface area contributed by atoms with Crippen LogP contribution in [-0.2, 0) is 0 Å². The van der Waals surface area contributed by atoms with Crippen molar-refractivity contribution in [2.45, 2.75) is 58.9 Å². The fraction of sp³-hybridized carbons (Fsp3) is 0.333. The van der Waals surface area contributed by atoms with E-state index in [0.29, 0.717) is 28.3 Å². The minimum atomic E-state index is -4.75. The van der Waals surface area contributed by atoms with Crippen LogP contribution in [0.3, 0.4) is 0 Å². The molecule has 2 aromatic carbocycles. The molecule has 186 valence electrons. The minimum absolute atomic E-state index is 0.123. The van der Waals surface area contributed by atoms with Gasteiger partial charge < -0.3 is 14.8 Å². The van der Waals surface area contributed by atoms with Crippen molar-refractivity contribution in [2.24, 2.45) is 0 Å². The predicted molar refractivity (Wildman–Crippen MR) is 130 cm³/mol. The van der Waals surface area contributed by atoms with Crippen molar-refractivity contribution in [3.8, 4) is 22.8 Å². The summed E-state index contributed by atoms with van der Waals surface area (Å²) in [4.78, 5) is 17.3. The smallest absolute Gasteiger partial charge is 0.474 e. The summed E-state index contributed by atoms with van der Waals surface area (Å²) in [5.74, 6) is -0.0962. The Labute approximate surface area is 203 Å². The molecule has 0 bridgehead atoms. The van der Waals surface area contributed by atoms with E-state index in [-0.39, 0.29) is 17.8 Å². The van der Waals surface area contributed by atoms with E-state index in [1.165, 1.54) is 24.3 Å². The van der Waals surface area contributed by atoms with Gasteiger partial charge in [-0.25, -0.2) is 4.98 Å². The zero-order valence-corrected chi connectivity index (χ0v) is 20.0. The van der Waals surface area contributed by atoms with Gasteiger partial charge >= 0.3 is 6.36 Å². The van der Waals surface area contributed by atoms with Gasteiger partial charge in [-0.15, -0.1) is 13.2 Å². The standard InChI is InChI=1S/C27H29F3N2O3/c1-4-7-21(8-5-2)34-25-16-13-20(17-31-25)32-26(33)24-10-6-9-23(18(24)3)19-11-14-22(15-12-19)35-27(28,29)30/h6,9-17,21H,4-5,7-8H2,1-3H3,(H,32,33). The maximum absolute atomic E-state index is 12.9. The number of carbonyl (C=O) groups is 1. The second-order valence-electron chi connectivity index (χ2n) is 8.21. The summed E-state index contributed by atoms with van der Waals surface area (Å²) in [5.41, 5.74) is 3.08. The van der Waals surface area contributed by atoms with E-state index in [4.69, 9.17) is 4.74 Å². The molecule has 0 saturated carbocycles. The summed E-state index contributed by atoms with van der Waals surface area (Å²) in [6.07, 6.45) is 0.911. The number of nitrogens with one attached hydrogen (secondary N) is 1. The highest BCUT2D eigenvalue weighted by molar-refractivity contribution is 6.06. The van der Waals surface area contributed by atoms with Crippen LogP contribution < -0.4 is 14.8 Å². The molecule has 1 aromatic heterocycles. The number of anilines is 1. The molecule has 0 unspecified atom stereocenters. The Balaban J connectivity index is 1.71. The van der Waals surface area contributed by atoms with Gasteiger partial charge in [0.15, 0.2) is 0 Å². The fourth-order valence-corrected chi connectivity index (χ4v) is 3.83. The lowest BCUT2D eigenvalue weighted by atomic mass is 9.96. The van der Waals surface area contributed by atoms with Crippen LogP contribution >= 0.6 is 0 Å². The summed E-state index contributed by atoms with van der Waals surface area (Å²) in [6.45, 7) is 6.03. The first-order valence-electron chi connectivity index (χ1n) is 11.6. The van der Waals surface area contributed by atoms with E-state index < -0.39 is 6.36 Å². The number of rotatable bonds is 10. The number of pyridine rings is 1. The number of ether oxygens (including phenoxy) is 2. The van der Waals surface area contributed by atoms with E-state index in [9.17, 15) is 18.0 Å². The molecule has 1 heterocycles. The van der Waals surface area contributed by atoms with Crippen molar-refractivity contribution in [2.75, 3.05) is 5.32 Å². The Bertz CT molecular complexity index is 1110. The summed E-state index contributed by atoms with van der Waals surface area (Å²) in [7, 11) is 0. The molecule has 0 fully saturated rings. The van der Waals surface area contributed by atoms with E-state index in [2.05, 4.69) is 28.9 Å². The maximum atomic E-state index is 12.9. The third-order valence-electron chi connectivity index (χ3n) is 5.48. The van der Waals surface area contributed by atoms with Crippen LogP contribution in [0, 0.1) is 6.92 Å². The molecule has 5 nitrogen and oxygen atoms in total. The second-order valence-corrected chi connectivity index (χ2v) is 8.21. The third kappa shape index (κ3) is 7.47. The molecule has 0 spiro atoms. The Hall–Kier alpha value is -3.55. The largest absolute Gasteiger partial charge is 0.573 e. The van der Waals surface area contributed by atoms with E-state index in [0.717, 1.165) is 31.2 Å². The Morgan fingerprint density at radius 2 is 1.69 bits per heavy atom. The summed E-state index contributed by atoms with van der Waals surface area (Å²) in [5, 5.41) is 2.84. The lowest BCUT2D eigenvalue weighted by Gasteiger charge is -2.17. The van der Waals surface area contributed by atoms with Crippen molar-refractivity contribution >= 4 is 11.6 Å². The average Bonchev–Trinajstić information content (AvgIpc) is 2.80. The first kappa shape index (κ1) is 26.1. The molecule has 0 aliphatic heterocycles. The van der Waals surface area contributed by atoms with E-state index in [1.807, 2.05) is 6.07 Å². The summed E-state index contributed by atoms with van der Waals surface area (Å²) in [6, 6.07) is 14.3. The molecule has 0 radical (unpaired) electrons. The number of carbonyl (C=O) groups excluding carboxylic acids is 1. The molecule has 1 N–H and O–H groups in total. The molecule has 8 heteroatoms. The highest BCUT2D eigenvalue weighted by Crippen LogP contribution is 2.30. The number of hydrogen-bond acceptors (Lipinski definition) is 4. The molecule has 3 aromatic rings. The van der Waals surface area contributed by atoms with Crippen LogP contribution in [0.4, 0.5) is 18.9 Å². The van der Waals surface area contributed by atoms with Crippen molar-refractivity contribution in [1.82, 2.24) is 4.98 Å². The van der Waals surface area contributed by atoms with Crippen LogP contribution in [0.15, 0.2) is 60.8 Å². The van der Waals surface area contributed by atoms with Crippen LogP contribution in [-0.4, -0.2) is 23.4 Å². The lowest BCUT2D eigenvalue weighted by molar-refractivity contribution is -0.274. The number of benzene rings is 2. The minimum Gasteiger partial charge on any atom is -0.474 e. The number of amides is 1. The van der Waals surface area contributed by atoms with Gasteiger partial charge in [0.25, 0.3) is 5.91 Å². The highest BCUT2D eigenvalue weighted by Gasteiger charge is 2.31. The molecule has 35 heavy (non-hydrogen) atoms. The SMILES string of the molecule is CCCC(CCC)Oc1ccc(NC(=O)c2cccc(-c3ccc(OC(F)(F)F)cc3)c2C)cn1. The van der Waals surface area contributed by atoms with Crippen LogP contribution in [0.2, 0.25) is 0 Å². The van der Waals surface area contributed by atoms with Gasteiger partial charge in [-0.1, -0.05) is 51.0 Å². The van der Waals surface area contributed by atoms with E-state index >= 15 is 0 Å². The van der Waals surface area contributed by atoms with Crippen molar-refractivity contribution in [1.29, 1.82) is 0 Å². The van der Waals surface area contributed by atoms with Gasteiger partial charge in [0.2, 0.25) is 5.88 Å². The zero-order valence-electron chi connectivity index (χ0n) is 20.0. The summed E-state index contributed by atoms with van der Waals surface area (Å²) < 4.78 is 47.1. The first-order valence-corrected chi connectivity index (χ1v) is 11.6. The normalized spacial score (nSPS) is 11.4. The summed E-state index contributed by atoms with van der Waals surface area (Å²) >= 11 is 0. The number of alkyl halides is 3. The fourth-order valence-electron chi connectivity index (χ4n) is 3.83. The monoisotopic (exact) mass is 486 g/mol. The molecule has 0 atom stereocenters. The molecular formula is C27H29F3N2O3. The van der Waals surface area contributed by atoms with Crippen LogP contribution in [0.5, 0.6) is 11.6 Å². The van der Waals surface area contributed by atoms with Gasteiger partial charge in [0.05, 0.1) is 11.9 Å². The van der Waals surface area contributed by atoms with Crippen LogP contribution in [0.25, 0.3) is 11.1 Å². The molecule has 0 aliphatic rings. The van der Waals surface area contributed by atoms with Crippen molar-refractivity contribution in [3.63, 3.8) is 0 Å². The first-order chi connectivity index (χ1) is 16.7. The average molecular weight is 487 g/mol. The van der Waals surface area contributed by atoms with Crippen molar-refractivity contribution < 1.29 is 27.4 Å². The van der Waals surface area contributed by atoms with Gasteiger partial charge in [-0.3, -0.25) is 4.79 Å². The highest BCUT2D eigenvalue weighted by atomic mass is 19.4. The molecule has 0 aliphatic carbocycles. The number of halogens is 3. The molecule has 0 saturated heterocycles. The second kappa shape index (κ2) is 11.7. The Morgan fingerprint density at radius 3 is 2.26 bits per heavy atom. The molecular weight excluding hydrogens is 457 g/mol. The third-order valence-corrected chi connectivity index (χ3v) is 5.48. The van der Waals surface area contributed by atoms with Gasteiger partial charge in [-0.05, 0) is 60.7 Å².